The zero-order chi connectivity index (χ0) is 17.6. The zero-order valence-electron chi connectivity index (χ0n) is 16.7. The highest BCUT2D eigenvalue weighted by atomic mass is 35.5. The molecule has 160 valence electrons. The van der Waals surface area contributed by atoms with Crippen molar-refractivity contribution >= 4 is 24.8 Å². The van der Waals surface area contributed by atoms with Crippen molar-refractivity contribution in [3.8, 4) is 0 Å². The average Bonchev–Trinajstić information content (AvgIpc) is 3.08. The predicted octanol–water partition coefficient (Wildman–Crippen LogP) is 3.10. The van der Waals surface area contributed by atoms with Gasteiger partial charge >= 0.3 is 0 Å². The number of halogens is 2. The van der Waals surface area contributed by atoms with Crippen molar-refractivity contribution in [2.45, 2.75) is 58.0 Å². The lowest BCUT2D eigenvalue weighted by molar-refractivity contribution is -0.0623. The van der Waals surface area contributed by atoms with Gasteiger partial charge in [0.25, 0.3) is 0 Å². The van der Waals surface area contributed by atoms with Gasteiger partial charge in [-0.25, -0.2) is 0 Å². The molecule has 0 aromatic carbocycles. The monoisotopic (exact) mass is 431 g/mol. The second-order valence-electron chi connectivity index (χ2n) is 9.59. The summed E-state index contributed by atoms with van der Waals surface area (Å²) in [6, 6.07) is 0. The summed E-state index contributed by atoms with van der Waals surface area (Å²) in [5.74, 6) is 4.53. The van der Waals surface area contributed by atoms with Gasteiger partial charge in [0.05, 0.1) is 13.1 Å². The second kappa shape index (κ2) is 9.17. The smallest absolute Gasteiger partial charge is 0.240 e. The Balaban J connectivity index is 0.00000112. The predicted molar refractivity (Wildman–Crippen MR) is 114 cm³/mol. The van der Waals surface area contributed by atoms with Crippen LogP contribution in [0.4, 0.5) is 0 Å². The summed E-state index contributed by atoms with van der Waals surface area (Å²) in [6.45, 7) is 6.97. The molecular weight excluding hydrogens is 397 g/mol. The largest absolute Gasteiger partial charge is 0.338 e. The zero-order valence-corrected chi connectivity index (χ0v) is 18.4. The van der Waals surface area contributed by atoms with Crippen molar-refractivity contribution in [1.82, 2.24) is 19.9 Å². The van der Waals surface area contributed by atoms with E-state index in [1.54, 1.807) is 38.5 Å². The number of nitrogens with two attached hydrogens (primary N) is 1. The second-order valence-corrected chi connectivity index (χ2v) is 9.59. The Morgan fingerprint density at radius 3 is 2.04 bits per heavy atom. The molecule has 5 aliphatic rings. The summed E-state index contributed by atoms with van der Waals surface area (Å²) in [7, 11) is 0. The Kier molecular flexibility index (Phi) is 7.30. The van der Waals surface area contributed by atoms with E-state index in [-0.39, 0.29) is 24.8 Å². The first-order chi connectivity index (χ1) is 12.7. The van der Waals surface area contributed by atoms with E-state index < -0.39 is 0 Å². The molecule has 0 unspecified atom stereocenters. The van der Waals surface area contributed by atoms with Gasteiger partial charge in [-0.1, -0.05) is 5.16 Å². The van der Waals surface area contributed by atoms with Crippen LogP contribution < -0.4 is 5.73 Å². The number of hydrogen-bond donors (Lipinski definition) is 1. The van der Waals surface area contributed by atoms with Gasteiger partial charge in [-0.15, -0.1) is 24.8 Å². The summed E-state index contributed by atoms with van der Waals surface area (Å²) < 4.78 is 5.11. The van der Waals surface area contributed by atoms with E-state index in [0.29, 0.717) is 12.4 Å². The van der Waals surface area contributed by atoms with Crippen LogP contribution >= 0.6 is 24.8 Å². The van der Waals surface area contributed by atoms with Crippen LogP contribution in [-0.4, -0.2) is 52.7 Å². The third kappa shape index (κ3) is 4.67. The van der Waals surface area contributed by atoms with Crippen molar-refractivity contribution in [2.24, 2.45) is 28.9 Å². The van der Waals surface area contributed by atoms with E-state index in [9.17, 15) is 0 Å². The molecule has 0 amide bonds. The Bertz CT molecular complexity index is 597. The maximum atomic E-state index is 5.54. The molecule has 1 aromatic heterocycles. The highest BCUT2D eigenvalue weighted by Crippen LogP contribution is 2.61. The molecular formula is C20H35Cl2N5O. The normalized spacial score (nSPS) is 34.8. The molecule has 4 aliphatic carbocycles. The molecule has 1 saturated heterocycles. The number of nitrogens with zero attached hydrogens (tertiary/aromatic N) is 4. The fourth-order valence-electron chi connectivity index (χ4n) is 6.80. The fraction of sp³-hybridized carbons (Fsp3) is 0.900. The summed E-state index contributed by atoms with van der Waals surface area (Å²) in [5.41, 5.74) is 6.26. The molecule has 6 rings (SSSR count). The van der Waals surface area contributed by atoms with E-state index in [1.807, 2.05) is 0 Å². The summed E-state index contributed by atoms with van der Waals surface area (Å²) in [4.78, 5) is 9.45. The van der Waals surface area contributed by atoms with Crippen molar-refractivity contribution in [3.63, 3.8) is 0 Å². The van der Waals surface area contributed by atoms with Crippen molar-refractivity contribution < 1.29 is 4.52 Å². The molecule has 1 aromatic rings. The van der Waals surface area contributed by atoms with E-state index in [4.69, 9.17) is 10.3 Å². The molecule has 2 N–H and O–H groups in total. The lowest BCUT2D eigenvalue weighted by Crippen LogP contribution is -2.50. The lowest BCUT2D eigenvalue weighted by atomic mass is 9.49. The highest BCUT2D eigenvalue weighted by Gasteiger charge is 2.50. The minimum atomic E-state index is 0. The van der Waals surface area contributed by atoms with E-state index in [0.717, 1.165) is 48.6 Å². The maximum Gasteiger partial charge on any atom is 0.240 e. The number of rotatable bonds is 6. The Hall–Kier alpha value is -0.400. The lowest BCUT2D eigenvalue weighted by Gasteiger charge is -2.57. The number of hydrogen-bond acceptors (Lipinski definition) is 6. The average molecular weight is 432 g/mol. The molecule has 2 heterocycles. The standard InChI is InChI=1S/C20H33N5O.2ClH/c21-13-19-22-18(23-26-19)14-25-5-3-24(4-6-25)2-1-20-10-15-7-16(11-20)9-17(8-15)12-20;;/h15-17H,1-14,21H2;2*1H. The topological polar surface area (TPSA) is 71.4 Å². The van der Waals surface area contributed by atoms with Crippen LogP contribution in [0.1, 0.15) is 56.7 Å². The molecule has 1 aliphatic heterocycles. The molecule has 8 heteroatoms. The van der Waals surface area contributed by atoms with Gasteiger partial charge in [0.15, 0.2) is 5.82 Å². The SMILES string of the molecule is Cl.Cl.NCc1nc(CN2CCN(CCC34CC5CC(CC(C5)C3)C4)CC2)no1. The van der Waals surface area contributed by atoms with E-state index in [1.165, 1.54) is 26.1 Å². The molecule has 28 heavy (non-hydrogen) atoms. The minimum absolute atomic E-state index is 0. The van der Waals surface area contributed by atoms with Crippen LogP contribution in [-0.2, 0) is 13.1 Å². The van der Waals surface area contributed by atoms with Crippen molar-refractivity contribution in [2.75, 3.05) is 32.7 Å². The molecule has 4 bridgehead atoms. The van der Waals surface area contributed by atoms with E-state index in [2.05, 4.69) is 19.9 Å². The Labute approximate surface area is 180 Å². The van der Waals surface area contributed by atoms with Gasteiger partial charge in [0.1, 0.15) is 0 Å². The summed E-state index contributed by atoms with van der Waals surface area (Å²) >= 11 is 0. The fourth-order valence-corrected chi connectivity index (χ4v) is 6.80. The Morgan fingerprint density at radius 2 is 1.50 bits per heavy atom. The number of piperazine rings is 1. The minimum Gasteiger partial charge on any atom is -0.338 e. The van der Waals surface area contributed by atoms with Gasteiger partial charge in [0.2, 0.25) is 5.89 Å². The van der Waals surface area contributed by atoms with Crippen LogP contribution in [0.15, 0.2) is 4.52 Å². The first kappa shape index (κ1) is 22.3. The van der Waals surface area contributed by atoms with Crippen molar-refractivity contribution in [1.29, 1.82) is 0 Å². The highest BCUT2D eigenvalue weighted by molar-refractivity contribution is 5.85. The molecule has 5 fully saturated rings. The summed E-state index contributed by atoms with van der Waals surface area (Å²) in [6.07, 6.45) is 10.7. The Morgan fingerprint density at radius 1 is 0.929 bits per heavy atom. The van der Waals surface area contributed by atoms with Crippen LogP contribution in [0.2, 0.25) is 0 Å². The first-order valence-corrected chi connectivity index (χ1v) is 10.7. The van der Waals surface area contributed by atoms with Crippen LogP contribution in [0.3, 0.4) is 0 Å². The van der Waals surface area contributed by atoms with Crippen LogP contribution in [0.5, 0.6) is 0 Å². The quantitative estimate of drug-likeness (QED) is 0.745. The third-order valence-electron chi connectivity index (χ3n) is 7.64. The van der Waals surface area contributed by atoms with Crippen LogP contribution in [0.25, 0.3) is 0 Å². The molecule has 0 spiro atoms. The third-order valence-corrected chi connectivity index (χ3v) is 7.64. The van der Waals surface area contributed by atoms with Crippen molar-refractivity contribution in [3.05, 3.63) is 11.7 Å². The van der Waals surface area contributed by atoms with Gasteiger partial charge in [-0.05, 0) is 74.7 Å². The molecule has 4 saturated carbocycles. The molecule has 0 radical (unpaired) electrons. The van der Waals surface area contributed by atoms with Gasteiger partial charge in [-0.3, -0.25) is 4.90 Å². The van der Waals surface area contributed by atoms with Gasteiger partial charge in [-0.2, -0.15) is 4.98 Å². The van der Waals surface area contributed by atoms with E-state index >= 15 is 0 Å². The van der Waals surface area contributed by atoms with Gasteiger partial charge in [0, 0.05) is 26.2 Å². The molecule has 0 atom stereocenters. The number of aromatic nitrogens is 2. The summed E-state index contributed by atoms with van der Waals surface area (Å²) in [5, 5.41) is 4.02. The first-order valence-electron chi connectivity index (χ1n) is 10.7. The maximum absolute atomic E-state index is 5.54. The molecule has 6 nitrogen and oxygen atoms in total. The van der Waals surface area contributed by atoms with Gasteiger partial charge < -0.3 is 15.2 Å². The van der Waals surface area contributed by atoms with Crippen LogP contribution in [0, 0.1) is 23.2 Å².